The molecule has 0 atom stereocenters. The van der Waals surface area contributed by atoms with Crippen LogP contribution in [0.4, 0.5) is 0 Å². The van der Waals surface area contributed by atoms with Crippen molar-refractivity contribution in [3.05, 3.63) is 70.8 Å². The van der Waals surface area contributed by atoms with Crippen molar-refractivity contribution in [2.75, 3.05) is 112 Å². The second kappa shape index (κ2) is 44.8. The van der Waals surface area contributed by atoms with Gasteiger partial charge in [-0.1, -0.05) is 130 Å². The van der Waals surface area contributed by atoms with Crippen molar-refractivity contribution in [3.8, 4) is 23.0 Å². The van der Waals surface area contributed by atoms with Gasteiger partial charge in [0.15, 0.2) is 0 Å². The van der Waals surface area contributed by atoms with Gasteiger partial charge in [-0.15, -0.1) is 0 Å². The van der Waals surface area contributed by atoms with Crippen LogP contribution in [0.25, 0.3) is 0 Å². The van der Waals surface area contributed by atoms with Crippen LogP contribution >= 0.6 is 77.4 Å². The summed E-state index contributed by atoms with van der Waals surface area (Å²) < 4.78 is 133. The van der Waals surface area contributed by atoms with Gasteiger partial charge < -0.3 is 86.6 Å². The molecule has 0 fully saturated rings. The molecule has 1 aliphatic heterocycles. The number of aliphatic hydroxyl groups is 1. The summed E-state index contributed by atoms with van der Waals surface area (Å²) in [5.74, 6) is 1.50. The van der Waals surface area contributed by atoms with E-state index >= 15 is 0 Å². The number of aliphatic hydroxyl groups excluding tert-OH is 1. The normalized spacial score (nSPS) is 13.9. The van der Waals surface area contributed by atoms with Crippen LogP contribution in [0.2, 0.25) is 0 Å². The molecule has 23 nitrogen and oxygen atoms in total. The Balaban J connectivity index is 0.00000521. The number of rotatable bonds is 45. The molecule has 0 aliphatic carbocycles. The molecular weight excluding hydrogens is 1600 g/mol. The third-order valence-electron chi connectivity index (χ3n) is 18.2. The maximum Gasteiger partial charge on any atom is 0.349 e. The molecule has 113 heavy (non-hydrogen) atoms. The van der Waals surface area contributed by atoms with Crippen LogP contribution in [0.15, 0.2) is 87.7 Å². The van der Waals surface area contributed by atoms with Crippen LogP contribution in [-0.4, -0.2) is 149 Å². The Kier molecular flexibility index (Phi) is 40.7. The number of hydrogen-bond donors (Lipinski definition) is 6. The van der Waals surface area contributed by atoms with E-state index < -0.39 is 64.1 Å². The molecule has 0 saturated carbocycles. The molecule has 0 unspecified atom stereocenters. The number of nitrogens with one attached hydrogen (secondary N) is 4. The Morgan fingerprint density at radius 1 is 0.310 bits per heavy atom. The first-order chi connectivity index (χ1) is 52.4. The second-order valence-corrected chi connectivity index (χ2v) is 48.1. The van der Waals surface area contributed by atoms with E-state index in [-0.39, 0.29) is 101 Å². The van der Waals surface area contributed by atoms with Gasteiger partial charge in [-0.3, -0.25) is 18.3 Å². The third-order valence-corrected chi connectivity index (χ3v) is 33.3. The molecule has 4 aromatic carbocycles. The van der Waals surface area contributed by atoms with Gasteiger partial charge in [0.05, 0.1) is 118 Å². The summed E-state index contributed by atoms with van der Waals surface area (Å²) in [6.45, 7) is 60.1. The van der Waals surface area contributed by atoms with Crippen molar-refractivity contribution in [2.45, 2.75) is 301 Å². The average Bonchev–Trinajstić information content (AvgIpc) is 0.756. The molecular formula is C82H140N4O19P4S4. The molecule has 6 N–H and O–H groups in total. The second-order valence-electron chi connectivity index (χ2n) is 33.2. The highest BCUT2D eigenvalue weighted by atomic mass is 32.2. The largest absolute Gasteiger partial charge is 0.491 e. The minimum Gasteiger partial charge on any atom is -0.491 e. The van der Waals surface area contributed by atoms with E-state index in [2.05, 4.69) is 153 Å². The summed E-state index contributed by atoms with van der Waals surface area (Å²) in [6, 6.07) is 18.1. The number of aliphatic carboxylic acids is 1. The number of benzene rings is 4. The fourth-order valence-corrected chi connectivity index (χ4v) is 23.0. The van der Waals surface area contributed by atoms with Crippen molar-refractivity contribution < 1.29 is 88.4 Å². The summed E-state index contributed by atoms with van der Waals surface area (Å²) in [7, 11) is -14.3. The zero-order valence-electron chi connectivity index (χ0n) is 73.2. The lowest BCUT2D eigenvalue weighted by Crippen LogP contribution is -2.41. The number of hydrogen-bond acceptors (Lipinski definition) is 26. The molecule has 8 bridgehead atoms. The first kappa shape index (κ1) is 103. The topological polar surface area (TPSA) is 285 Å². The van der Waals surface area contributed by atoms with Crippen LogP contribution in [-0.2, 0) is 80.9 Å². The van der Waals surface area contributed by atoms with Gasteiger partial charge in [-0.05, 0) is 255 Å². The molecule has 0 saturated heterocycles. The number of fused-ring (bicyclic) bond motifs is 8. The summed E-state index contributed by atoms with van der Waals surface area (Å²) in [6.07, 6.45) is 2.12. The van der Waals surface area contributed by atoms with Gasteiger partial charge in [0.1, 0.15) is 50.7 Å². The molecule has 1 heterocycles. The number of carboxylic acid groups (broad SMARTS) is 1. The Morgan fingerprint density at radius 2 is 0.451 bits per heavy atom. The summed E-state index contributed by atoms with van der Waals surface area (Å²) in [5, 5.41) is 25.1. The quantitative estimate of drug-likeness (QED) is 0.0156. The first-order valence-electron chi connectivity index (χ1n) is 39.8. The van der Waals surface area contributed by atoms with E-state index in [1.807, 2.05) is 111 Å². The Labute approximate surface area is 695 Å². The molecule has 0 radical (unpaired) electrons. The number of carboxylic acids is 1. The summed E-state index contributed by atoms with van der Waals surface area (Å²) in [4.78, 5) is 16.1. The molecule has 1 aliphatic rings. The van der Waals surface area contributed by atoms with E-state index in [1.54, 1.807) is 47.0 Å². The highest BCUT2D eigenvalue weighted by molar-refractivity contribution is 8.01. The predicted molar refractivity (Wildman–Crippen MR) is 464 cm³/mol. The van der Waals surface area contributed by atoms with Crippen LogP contribution in [0, 0.1) is 0 Å². The molecule has 0 spiro atoms. The molecule has 0 aromatic heterocycles. The zero-order valence-corrected chi connectivity index (χ0v) is 80.1. The Bertz CT molecular complexity index is 3280. The van der Waals surface area contributed by atoms with Gasteiger partial charge >= 0.3 is 36.4 Å². The standard InChI is InChI=1S/C80H136N4O16P4S4.C2H4O3/c1-29-93-101(85,94-30-2)77(21,22)81-41-37-45-89-69-61-49-57(73(9,10)11)50-62(69)106-64-52-59(75(15,16)17)54-66(71(64)91-47-39-43-83-79(25,26)103(87,97-33-5)98-34-6)108-68-56-60(76(18,19)20)55-67(72(68)92-48-40-44-84-80(27,28)104(88,99-35-7)100-36-8)107-65-53-58(74(12,13)14)51-63(105-61)70(65)90-46-38-42-82-78(23,24)102(86,95-31-3)96-32-4;3-1-2(4)5/h49-56,81-84H,29-48H2,1-28H3;3H,1H2,(H,4,5). The minimum absolute atomic E-state index is 0.234. The molecule has 5 rings (SSSR count). The van der Waals surface area contributed by atoms with Gasteiger partial charge in [0, 0.05) is 0 Å². The monoisotopic (exact) mass is 1740 g/mol. The van der Waals surface area contributed by atoms with E-state index in [9.17, 15) is 18.3 Å². The van der Waals surface area contributed by atoms with Crippen molar-refractivity contribution in [1.29, 1.82) is 0 Å². The summed E-state index contributed by atoms with van der Waals surface area (Å²) >= 11 is 6.43. The maximum absolute atomic E-state index is 14.3. The zero-order chi connectivity index (χ0) is 85.5. The van der Waals surface area contributed by atoms with Crippen LogP contribution < -0.4 is 40.2 Å². The predicted octanol–water partition coefficient (Wildman–Crippen LogP) is 22.3. The minimum atomic E-state index is -3.57. The number of carbonyl (C=O) groups is 1. The van der Waals surface area contributed by atoms with E-state index in [0.717, 1.165) is 61.4 Å². The maximum atomic E-state index is 14.3. The number of ether oxygens (including phenoxy) is 4. The first-order valence-corrected chi connectivity index (χ1v) is 49.2. The van der Waals surface area contributed by atoms with E-state index in [1.165, 1.54) is 0 Å². The molecule has 646 valence electrons. The third kappa shape index (κ3) is 29.3. The van der Waals surface area contributed by atoms with Gasteiger partial charge in [0.2, 0.25) is 0 Å². The molecule has 4 aromatic rings. The van der Waals surface area contributed by atoms with E-state index in [0.29, 0.717) is 74.9 Å². The van der Waals surface area contributed by atoms with E-state index in [4.69, 9.17) is 70.1 Å². The van der Waals surface area contributed by atoms with Gasteiger partial charge in [-0.25, -0.2) is 4.79 Å². The SMILES string of the molecule is CCOP(=O)(OCC)C(C)(C)NCCCOc1c2cc(C(C)(C)C)cc1Sc1cc(C(C)(C)C)cc(c1OCCCNC(C)(C)P(=O)(OCC)OCC)Sc1cc(C(C)(C)C)cc(c1OCCCNC(C)(C)P(=O)(OCC)OCC)Sc1cc(C(C)(C)C)cc(c1OCCCNC(C)(C)P(=O)(OCC)OCC)S2.O=C(O)CO. The Hall–Kier alpha value is -2.65. The highest BCUT2D eigenvalue weighted by Gasteiger charge is 2.46. The Morgan fingerprint density at radius 3 is 0.566 bits per heavy atom. The van der Waals surface area contributed by atoms with Crippen LogP contribution in [0.3, 0.4) is 0 Å². The molecule has 31 heteroatoms. The lowest BCUT2D eigenvalue weighted by atomic mass is 9.87. The summed E-state index contributed by atoms with van der Waals surface area (Å²) in [5.41, 5.74) is 2.90. The van der Waals surface area contributed by atoms with Crippen molar-refractivity contribution in [3.63, 3.8) is 0 Å². The average molecular weight is 1740 g/mol. The fraction of sp³-hybridized carbons (Fsp3) is 0.695. The smallest absolute Gasteiger partial charge is 0.349 e. The van der Waals surface area contributed by atoms with Gasteiger partial charge in [0.25, 0.3) is 0 Å². The fourth-order valence-electron chi connectivity index (χ4n) is 11.4. The highest BCUT2D eigenvalue weighted by Crippen LogP contribution is 2.63. The molecule has 0 amide bonds. The van der Waals surface area contributed by atoms with Gasteiger partial charge in [-0.2, -0.15) is 0 Å². The van der Waals surface area contributed by atoms with Crippen molar-refractivity contribution in [1.82, 2.24) is 21.3 Å². The lowest BCUT2D eigenvalue weighted by Gasteiger charge is -2.33. The van der Waals surface area contributed by atoms with Crippen molar-refractivity contribution in [2.24, 2.45) is 0 Å². The van der Waals surface area contributed by atoms with Crippen LogP contribution in [0.1, 0.15) is 242 Å². The lowest BCUT2D eigenvalue weighted by molar-refractivity contribution is -0.140. The van der Waals surface area contributed by atoms with Crippen molar-refractivity contribution >= 4 is 83.4 Å². The van der Waals surface area contributed by atoms with Crippen LogP contribution in [0.5, 0.6) is 23.0 Å².